The number of aryl methyl sites for hydroxylation is 1. The fraction of sp³-hybridized carbons (Fsp3) is 0.136. The maximum absolute atomic E-state index is 12.6. The summed E-state index contributed by atoms with van der Waals surface area (Å²) >= 11 is 0. The number of anilines is 2. The van der Waals surface area contributed by atoms with Crippen LogP contribution >= 0.6 is 0 Å². The van der Waals surface area contributed by atoms with Crippen molar-refractivity contribution in [1.29, 1.82) is 0 Å². The molecule has 0 fully saturated rings. The van der Waals surface area contributed by atoms with E-state index in [1.54, 1.807) is 36.2 Å². The Bertz CT molecular complexity index is 1010. The smallest absolute Gasteiger partial charge is 0.278 e. The number of amides is 2. The molecule has 0 aliphatic rings. The molecule has 3 aromatic rings. The van der Waals surface area contributed by atoms with E-state index in [1.807, 2.05) is 49.4 Å². The molecule has 0 aliphatic heterocycles. The standard InChI is InChI=1S/C22H22N4O3/c1-3-26-15-19(21(25-26)22(28)23-17-7-5-4-6-8-17)24-20(27)14-11-16-9-12-18(29-2)13-10-16/h4-15H,3H2,1-2H3,(H,23,28)(H,24,27)/b14-11+. The van der Waals surface area contributed by atoms with Gasteiger partial charge in [-0.05, 0) is 42.8 Å². The molecule has 0 bridgehead atoms. The lowest BCUT2D eigenvalue weighted by atomic mass is 10.2. The van der Waals surface area contributed by atoms with Crippen LogP contribution in [-0.2, 0) is 11.3 Å². The first kappa shape index (κ1) is 19.9. The highest BCUT2D eigenvalue weighted by Crippen LogP contribution is 2.17. The molecule has 1 aromatic heterocycles. The van der Waals surface area contributed by atoms with Crippen LogP contribution in [0.1, 0.15) is 23.0 Å². The van der Waals surface area contributed by atoms with Crippen LogP contribution in [0, 0.1) is 0 Å². The minimum atomic E-state index is -0.391. The third-order valence-electron chi connectivity index (χ3n) is 4.13. The number of rotatable bonds is 7. The van der Waals surface area contributed by atoms with Crippen molar-refractivity contribution in [3.63, 3.8) is 0 Å². The number of carbonyl (C=O) groups excluding carboxylic acids is 2. The number of aromatic nitrogens is 2. The van der Waals surface area contributed by atoms with Crippen molar-refractivity contribution >= 4 is 29.3 Å². The topological polar surface area (TPSA) is 85.2 Å². The van der Waals surface area contributed by atoms with E-state index in [1.165, 1.54) is 6.08 Å². The molecule has 2 aromatic carbocycles. The molecule has 0 atom stereocenters. The number of nitrogens with zero attached hydrogens (tertiary/aromatic N) is 2. The maximum atomic E-state index is 12.6. The van der Waals surface area contributed by atoms with Crippen molar-refractivity contribution in [2.45, 2.75) is 13.5 Å². The van der Waals surface area contributed by atoms with Gasteiger partial charge >= 0.3 is 0 Å². The summed E-state index contributed by atoms with van der Waals surface area (Å²) in [6.07, 6.45) is 4.73. The second-order valence-electron chi connectivity index (χ2n) is 6.16. The monoisotopic (exact) mass is 390 g/mol. The van der Waals surface area contributed by atoms with Gasteiger partial charge in [-0.25, -0.2) is 0 Å². The molecular formula is C22H22N4O3. The van der Waals surface area contributed by atoms with Crippen molar-refractivity contribution in [3.05, 3.63) is 78.1 Å². The van der Waals surface area contributed by atoms with Crippen LogP contribution in [0.3, 0.4) is 0 Å². The van der Waals surface area contributed by atoms with E-state index in [0.717, 1.165) is 11.3 Å². The molecular weight excluding hydrogens is 368 g/mol. The molecule has 3 rings (SSSR count). The molecule has 0 saturated heterocycles. The maximum Gasteiger partial charge on any atom is 0.278 e. The van der Waals surface area contributed by atoms with Gasteiger partial charge in [0.2, 0.25) is 5.91 Å². The lowest BCUT2D eigenvalue weighted by molar-refractivity contribution is -0.111. The zero-order valence-electron chi connectivity index (χ0n) is 16.3. The lowest BCUT2D eigenvalue weighted by Crippen LogP contribution is -2.17. The van der Waals surface area contributed by atoms with Crippen LogP contribution in [0.25, 0.3) is 6.08 Å². The summed E-state index contributed by atoms with van der Waals surface area (Å²) in [5, 5.41) is 9.78. The number of nitrogens with one attached hydrogen (secondary N) is 2. The predicted octanol–water partition coefficient (Wildman–Crippen LogP) is 3.82. The Labute approximate surface area is 169 Å². The van der Waals surface area contributed by atoms with Crippen molar-refractivity contribution in [3.8, 4) is 5.75 Å². The zero-order chi connectivity index (χ0) is 20.6. The number of ether oxygens (including phenoxy) is 1. The van der Waals surface area contributed by atoms with Gasteiger partial charge in [0.15, 0.2) is 5.69 Å². The summed E-state index contributed by atoms with van der Waals surface area (Å²) in [5.41, 5.74) is 2.01. The number of carbonyl (C=O) groups is 2. The Hall–Kier alpha value is -3.87. The van der Waals surface area contributed by atoms with Crippen molar-refractivity contribution in [1.82, 2.24) is 9.78 Å². The largest absolute Gasteiger partial charge is 0.497 e. The van der Waals surface area contributed by atoms with Gasteiger partial charge in [0.25, 0.3) is 5.91 Å². The van der Waals surface area contributed by atoms with Gasteiger partial charge in [-0.1, -0.05) is 30.3 Å². The van der Waals surface area contributed by atoms with Crippen LogP contribution in [-0.4, -0.2) is 28.7 Å². The summed E-state index contributed by atoms with van der Waals surface area (Å²) in [4.78, 5) is 25.0. The summed E-state index contributed by atoms with van der Waals surface area (Å²) in [6.45, 7) is 2.48. The van der Waals surface area contributed by atoms with Crippen LogP contribution in [0.4, 0.5) is 11.4 Å². The Morgan fingerprint density at radius 3 is 2.45 bits per heavy atom. The molecule has 2 amide bonds. The third-order valence-corrected chi connectivity index (χ3v) is 4.13. The third kappa shape index (κ3) is 5.32. The normalized spacial score (nSPS) is 10.7. The minimum absolute atomic E-state index is 0.155. The van der Waals surface area contributed by atoms with E-state index < -0.39 is 5.91 Å². The first-order chi connectivity index (χ1) is 14.1. The average molecular weight is 390 g/mol. The number of benzene rings is 2. The van der Waals surface area contributed by atoms with Gasteiger partial charge in [0.05, 0.1) is 12.8 Å². The average Bonchev–Trinajstić information content (AvgIpc) is 3.16. The SMILES string of the molecule is CCn1cc(NC(=O)/C=C/c2ccc(OC)cc2)c(C(=O)Nc2ccccc2)n1. The van der Waals surface area contributed by atoms with Crippen molar-refractivity contribution in [2.24, 2.45) is 0 Å². The van der Waals surface area contributed by atoms with Gasteiger partial charge in [-0.3, -0.25) is 14.3 Å². The minimum Gasteiger partial charge on any atom is -0.497 e. The van der Waals surface area contributed by atoms with Gasteiger partial charge < -0.3 is 15.4 Å². The molecule has 0 radical (unpaired) electrons. The highest BCUT2D eigenvalue weighted by Gasteiger charge is 2.18. The summed E-state index contributed by atoms with van der Waals surface area (Å²) in [5.74, 6) is -0.00397. The quantitative estimate of drug-likeness (QED) is 0.601. The number of hydrogen-bond donors (Lipinski definition) is 2. The summed E-state index contributed by atoms with van der Waals surface area (Å²) in [7, 11) is 1.60. The Morgan fingerprint density at radius 2 is 1.79 bits per heavy atom. The van der Waals surface area contributed by atoms with Crippen LogP contribution in [0.2, 0.25) is 0 Å². The van der Waals surface area contributed by atoms with E-state index in [9.17, 15) is 9.59 Å². The van der Waals surface area contributed by atoms with E-state index in [-0.39, 0.29) is 11.6 Å². The molecule has 0 unspecified atom stereocenters. The highest BCUT2D eigenvalue weighted by atomic mass is 16.5. The molecule has 7 heteroatoms. The fourth-order valence-corrected chi connectivity index (χ4v) is 2.62. The highest BCUT2D eigenvalue weighted by molar-refractivity contribution is 6.10. The van der Waals surface area contributed by atoms with Gasteiger partial charge in [0, 0.05) is 24.5 Å². The van der Waals surface area contributed by atoms with Crippen LogP contribution < -0.4 is 15.4 Å². The van der Waals surface area contributed by atoms with Gasteiger partial charge in [-0.15, -0.1) is 0 Å². The number of methoxy groups -OCH3 is 1. The first-order valence-electron chi connectivity index (χ1n) is 9.16. The van der Waals surface area contributed by atoms with E-state index in [4.69, 9.17) is 4.74 Å². The summed E-state index contributed by atoms with van der Waals surface area (Å²) < 4.78 is 6.71. The second-order valence-corrected chi connectivity index (χ2v) is 6.16. The van der Waals surface area contributed by atoms with Gasteiger partial charge in [-0.2, -0.15) is 5.10 Å². The fourth-order valence-electron chi connectivity index (χ4n) is 2.62. The predicted molar refractivity (Wildman–Crippen MR) is 113 cm³/mol. The summed E-state index contributed by atoms with van der Waals surface area (Å²) in [6, 6.07) is 16.4. The molecule has 2 N–H and O–H groups in total. The van der Waals surface area contributed by atoms with Crippen LogP contribution in [0.15, 0.2) is 66.9 Å². The van der Waals surface area contributed by atoms with Crippen molar-refractivity contribution < 1.29 is 14.3 Å². The molecule has 7 nitrogen and oxygen atoms in total. The Kier molecular flexibility index (Phi) is 6.42. The zero-order valence-corrected chi connectivity index (χ0v) is 16.3. The molecule has 1 heterocycles. The van der Waals surface area contributed by atoms with E-state index >= 15 is 0 Å². The second kappa shape index (κ2) is 9.36. The number of para-hydroxylation sites is 1. The first-order valence-corrected chi connectivity index (χ1v) is 9.16. The molecule has 0 spiro atoms. The molecule has 148 valence electrons. The molecule has 0 aliphatic carbocycles. The lowest BCUT2D eigenvalue weighted by Gasteiger charge is -2.05. The van der Waals surface area contributed by atoms with Crippen LogP contribution in [0.5, 0.6) is 5.75 Å². The van der Waals surface area contributed by atoms with E-state index in [2.05, 4.69) is 15.7 Å². The van der Waals surface area contributed by atoms with Crippen molar-refractivity contribution in [2.75, 3.05) is 17.7 Å². The number of hydrogen-bond acceptors (Lipinski definition) is 4. The Balaban J connectivity index is 1.72. The molecule has 0 saturated carbocycles. The van der Waals surface area contributed by atoms with Gasteiger partial charge in [0.1, 0.15) is 5.75 Å². The Morgan fingerprint density at radius 1 is 1.07 bits per heavy atom. The molecule has 29 heavy (non-hydrogen) atoms. The van der Waals surface area contributed by atoms with E-state index in [0.29, 0.717) is 17.9 Å².